The van der Waals surface area contributed by atoms with Crippen LogP contribution in [0.5, 0.6) is 0 Å². The molecule has 0 saturated heterocycles. The number of benzene rings is 1. The molecule has 20 heavy (non-hydrogen) atoms. The molecule has 2 unspecified atom stereocenters. The zero-order chi connectivity index (χ0) is 15.3. The van der Waals surface area contributed by atoms with Gasteiger partial charge in [-0.05, 0) is 51.6 Å². The fraction of sp³-hybridized carbons (Fsp3) is 0.533. The summed E-state index contributed by atoms with van der Waals surface area (Å²) in [6, 6.07) is 5.39. The second kappa shape index (κ2) is 7.26. The predicted octanol–water partition coefficient (Wildman–Crippen LogP) is 1.87. The van der Waals surface area contributed by atoms with Crippen molar-refractivity contribution in [1.82, 2.24) is 4.90 Å². The van der Waals surface area contributed by atoms with E-state index in [0.717, 1.165) is 11.3 Å². The quantitative estimate of drug-likeness (QED) is 0.780. The number of carbonyl (C=O) groups is 1. The molecule has 1 rings (SSSR count). The lowest BCUT2D eigenvalue weighted by atomic mass is 10.1. The average Bonchev–Trinajstić information content (AvgIpc) is 2.40. The lowest BCUT2D eigenvalue weighted by Gasteiger charge is -2.29. The van der Waals surface area contributed by atoms with Gasteiger partial charge >= 0.3 is 0 Å². The molecule has 0 aliphatic rings. The monoisotopic (exact) mass is 279 g/mol. The van der Waals surface area contributed by atoms with Gasteiger partial charge in [0.2, 0.25) is 5.91 Å². The molecule has 3 N–H and O–H groups in total. The molecule has 1 aromatic carbocycles. The van der Waals surface area contributed by atoms with Crippen molar-refractivity contribution in [3.8, 4) is 0 Å². The van der Waals surface area contributed by atoms with Crippen LogP contribution in [0.3, 0.4) is 0 Å². The number of carbonyl (C=O) groups excluding carboxylic acids is 1. The molecule has 5 nitrogen and oxygen atoms in total. The highest BCUT2D eigenvalue weighted by Crippen LogP contribution is 2.18. The summed E-state index contributed by atoms with van der Waals surface area (Å²) in [6.07, 6.45) is 0. The van der Waals surface area contributed by atoms with Crippen LogP contribution in [-0.4, -0.2) is 43.7 Å². The Bertz CT molecular complexity index is 462. The number of amides is 1. The van der Waals surface area contributed by atoms with Gasteiger partial charge in [-0.1, -0.05) is 0 Å². The SMILES string of the molecule is COCC(C)N(C)C(C)C(=O)Nc1ccc(N)cc1C. The number of methoxy groups -OCH3 is 1. The third-order valence-electron chi connectivity index (χ3n) is 3.60. The summed E-state index contributed by atoms with van der Waals surface area (Å²) in [5.74, 6) is -0.0386. The van der Waals surface area contributed by atoms with Crippen molar-refractivity contribution in [1.29, 1.82) is 0 Å². The molecule has 0 heterocycles. The van der Waals surface area contributed by atoms with Crippen molar-refractivity contribution in [2.75, 3.05) is 31.8 Å². The number of rotatable bonds is 6. The van der Waals surface area contributed by atoms with Crippen molar-refractivity contribution in [3.63, 3.8) is 0 Å². The van der Waals surface area contributed by atoms with Crippen LogP contribution >= 0.6 is 0 Å². The van der Waals surface area contributed by atoms with Crippen LogP contribution in [0, 0.1) is 6.92 Å². The first kappa shape index (κ1) is 16.5. The maximum absolute atomic E-state index is 12.3. The van der Waals surface area contributed by atoms with Crippen LogP contribution in [0.15, 0.2) is 18.2 Å². The largest absolute Gasteiger partial charge is 0.399 e. The van der Waals surface area contributed by atoms with Gasteiger partial charge in [-0.2, -0.15) is 0 Å². The van der Waals surface area contributed by atoms with E-state index in [2.05, 4.69) is 5.32 Å². The first-order chi connectivity index (χ1) is 9.36. The highest BCUT2D eigenvalue weighted by atomic mass is 16.5. The zero-order valence-electron chi connectivity index (χ0n) is 12.9. The van der Waals surface area contributed by atoms with Crippen molar-refractivity contribution < 1.29 is 9.53 Å². The topological polar surface area (TPSA) is 67.6 Å². The number of aryl methyl sites for hydroxylation is 1. The minimum absolute atomic E-state index is 0.0386. The molecule has 0 bridgehead atoms. The number of hydrogen-bond donors (Lipinski definition) is 2. The first-order valence-corrected chi connectivity index (χ1v) is 6.74. The van der Waals surface area contributed by atoms with E-state index in [-0.39, 0.29) is 18.0 Å². The molecule has 0 radical (unpaired) electrons. The highest BCUT2D eigenvalue weighted by Gasteiger charge is 2.22. The van der Waals surface area contributed by atoms with Crippen LogP contribution in [0.25, 0.3) is 0 Å². The van der Waals surface area contributed by atoms with Gasteiger partial charge < -0.3 is 15.8 Å². The number of nitrogens with zero attached hydrogens (tertiary/aromatic N) is 1. The van der Waals surface area contributed by atoms with Crippen molar-refractivity contribution in [2.45, 2.75) is 32.9 Å². The van der Waals surface area contributed by atoms with Gasteiger partial charge in [-0.3, -0.25) is 9.69 Å². The molecule has 5 heteroatoms. The molecule has 0 spiro atoms. The Morgan fingerprint density at radius 1 is 1.45 bits per heavy atom. The van der Waals surface area contributed by atoms with Crippen molar-refractivity contribution in [3.05, 3.63) is 23.8 Å². The van der Waals surface area contributed by atoms with Crippen LogP contribution in [0.2, 0.25) is 0 Å². The normalized spacial score (nSPS) is 14.1. The van der Waals surface area contributed by atoms with Crippen LogP contribution < -0.4 is 11.1 Å². The number of likely N-dealkylation sites (N-methyl/N-ethyl adjacent to an activating group) is 1. The van der Waals surface area contributed by atoms with Gasteiger partial charge in [0, 0.05) is 24.5 Å². The van der Waals surface area contributed by atoms with E-state index in [1.165, 1.54) is 0 Å². The molecule has 112 valence electrons. The van der Waals surface area contributed by atoms with Gasteiger partial charge in [0.1, 0.15) is 0 Å². The van der Waals surface area contributed by atoms with Crippen LogP contribution in [-0.2, 0) is 9.53 Å². The second-order valence-electron chi connectivity index (χ2n) is 5.21. The molecule has 1 amide bonds. The average molecular weight is 279 g/mol. The number of nitrogens with two attached hydrogens (primary N) is 1. The summed E-state index contributed by atoms with van der Waals surface area (Å²) in [5.41, 5.74) is 8.15. The van der Waals surface area contributed by atoms with Crippen molar-refractivity contribution >= 4 is 17.3 Å². The Balaban J connectivity index is 2.70. The number of nitrogens with one attached hydrogen (secondary N) is 1. The van der Waals surface area contributed by atoms with E-state index in [4.69, 9.17) is 10.5 Å². The highest BCUT2D eigenvalue weighted by molar-refractivity contribution is 5.95. The van der Waals surface area contributed by atoms with E-state index in [9.17, 15) is 4.79 Å². The minimum atomic E-state index is -0.239. The molecule has 0 fully saturated rings. The number of ether oxygens (including phenoxy) is 1. The molecule has 2 atom stereocenters. The van der Waals surface area contributed by atoms with Crippen molar-refractivity contribution in [2.24, 2.45) is 0 Å². The lowest BCUT2D eigenvalue weighted by Crippen LogP contribution is -2.45. The Kier molecular flexibility index (Phi) is 5.98. The van der Waals surface area contributed by atoms with Gasteiger partial charge in [-0.25, -0.2) is 0 Å². The van der Waals surface area contributed by atoms with E-state index in [1.807, 2.05) is 44.9 Å². The Morgan fingerprint density at radius 3 is 2.65 bits per heavy atom. The number of anilines is 2. The summed E-state index contributed by atoms with van der Waals surface area (Å²) in [6.45, 7) is 6.43. The predicted molar refractivity (Wildman–Crippen MR) is 82.8 cm³/mol. The summed E-state index contributed by atoms with van der Waals surface area (Å²) in [7, 11) is 3.58. The third kappa shape index (κ3) is 4.21. The minimum Gasteiger partial charge on any atom is -0.399 e. The Labute approximate surface area is 121 Å². The summed E-state index contributed by atoms with van der Waals surface area (Å²) in [5, 5.41) is 2.94. The standard InChI is InChI=1S/C15H25N3O2/c1-10-8-13(16)6-7-14(10)17-15(19)12(3)18(4)11(2)9-20-5/h6-8,11-12H,9,16H2,1-5H3,(H,17,19). The van der Waals surface area contributed by atoms with Gasteiger partial charge in [0.15, 0.2) is 0 Å². The maximum atomic E-state index is 12.3. The zero-order valence-corrected chi connectivity index (χ0v) is 12.9. The van der Waals surface area contributed by atoms with E-state index < -0.39 is 0 Å². The Morgan fingerprint density at radius 2 is 2.10 bits per heavy atom. The molecule has 0 aromatic heterocycles. The van der Waals surface area contributed by atoms with E-state index in [0.29, 0.717) is 12.3 Å². The molecule has 0 saturated carbocycles. The number of nitrogen functional groups attached to an aromatic ring is 1. The molecule has 1 aromatic rings. The third-order valence-corrected chi connectivity index (χ3v) is 3.60. The lowest BCUT2D eigenvalue weighted by molar-refractivity contribution is -0.121. The van der Waals surface area contributed by atoms with Gasteiger partial charge in [0.25, 0.3) is 0 Å². The Hall–Kier alpha value is -1.59. The summed E-state index contributed by atoms with van der Waals surface area (Å²) < 4.78 is 5.12. The molecule has 0 aliphatic carbocycles. The molecular weight excluding hydrogens is 254 g/mol. The molecular formula is C15H25N3O2. The smallest absolute Gasteiger partial charge is 0.241 e. The first-order valence-electron chi connectivity index (χ1n) is 6.74. The second-order valence-corrected chi connectivity index (χ2v) is 5.21. The summed E-state index contributed by atoms with van der Waals surface area (Å²) >= 11 is 0. The van der Waals surface area contributed by atoms with Gasteiger partial charge in [-0.15, -0.1) is 0 Å². The van der Waals surface area contributed by atoms with E-state index >= 15 is 0 Å². The fourth-order valence-corrected chi connectivity index (χ4v) is 1.99. The van der Waals surface area contributed by atoms with Crippen LogP contribution in [0.1, 0.15) is 19.4 Å². The number of hydrogen-bond acceptors (Lipinski definition) is 4. The molecule has 0 aliphatic heterocycles. The van der Waals surface area contributed by atoms with Crippen LogP contribution in [0.4, 0.5) is 11.4 Å². The summed E-state index contributed by atoms with van der Waals surface area (Å²) in [4.78, 5) is 14.3. The van der Waals surface area contributed by atoms with E-state index in [1.54, 1.807) is 13.2 Å². The van der Waals surface area contributed by atoms with Gasteiger partial charge in [0.05, 0.1) is 12.6 Å². The maximum Gasteiger partial charge on any atom is 0.241 e. The fourth-order valence-electron chi connectivity index (χ4n) is 1.99.